The SMILES string of the molecule is CCCCCCCCC(NC(=O)OC(C)(C)C)C(=O)OCCOC(=O)C1=C(COC(N)=O)CS[C@@H]2[C@H](NC(=O)/C(=N\OC)c3ccco3)C(=O)N12. The monoisotopic (exact) mass is 737 g/mol. The number of furan rings is 1. The van der Waals surface area contributed by atoms with Crippen molar-refractivity contribution in [1.82, 2.24) is 15.5 Å². The Hall–Kier alpha value is -4.74. The summed E-state index contributed by atoms with van der Waals surface area (Å²) in [6.07, 6.45) is 5.67. The standard InChI is InChI=1S/C33H47N5O12S/c1-6-7-8-9-10-11-13-21(35-32(44)50-33(2,3)4)29(41)47-16-17-48-30(42)25-20(18-49-31(34)43)19-51-28-24(27(40)38(25)28)36-26(39)23(37-45-5)22-14-12-15-46-22/h12,14-15,21,24,28H,6-11,13,16-19H2,1-5H3,(H2,34,43)(H,35,44)(H,36,39)/b37-23-/t21?,24-,28-/m1/s1. The minimum Gasteiger partial charge on any atom is -0.462 e. The lowest BCUT2D eigenvalue weighted by Gasteiger charge is -2.49. The molecular weight excluding hydrogens is 690 g/mol. The maximum absolute atomic E-state index is 13.4. The topological polar surface area (TPSA) is 227 Å². The molecule has 0 aromatic carbocycles. The van der Waals surface area contributed by atoms with Crippen molar-refractivity contribution in [2.45, 2.75) is 95.7 Å². The summed E-state index contributed by atoms with van der Waals surface area (Å²) in [6.45, 7) is 6.09. The van der Waals surface area contributed by atoms with Gasteiger partial charge in [-0.25, -0.2) is 19.2 Å². The van der Waals surface area contributed by atoms with Crippen molar-refractivity contribution < 1.29 is 57.0 Å². The molecule has 0 bridgehead atoms. The molecule has 17 nitrogen and oxygen atoms in total. The maximum Gasteiger partial charge on any atom is 0.408 e. The van der Waals surface area contributed by atoms with Gasteiger partial charge in [-0.3, -0.25) is 14.5 Å². The smallest absolute Gasteiger partial charge is 0.408 e. The minimum atomic E-state index is -1.09. The zero-order chi connectivity index (χ0) is 37.6. The average Bonchev–Trinajstić information content (AvgIpc) is 3.61. The van der Waals surface area contributed by atoms with Gasteiger partial charge in [-0.1, -0.05) is 50.6 Å². The number of thioether (sulfide) groups is 1. The van der Waals surface area contributed by atoms with Crippen LogP contribution in [0.4, 0.5) is 9.59 Å². The van der Waals surface area contributed by atoms with Crippen molar-refractivity contribution in [3.05, 3.63) is 35.4 Å². The fraction of sp³-hybridized carbons (Fsp3) is 0.606. The molecule has 4 amide bonds. The summed E-state index contributed by atoms with van der Waals surface area (Å²) in [7, 11) is 1.25. The van der Waals surface area contributed by atoms with Gasteiger partial charge in [0.1, 0.15) is 55.7 Å². The van der Waals surface area contributed by atoms with Gasteiger partial charge in [0, 0.05) is 11.3 Å². The lowest BCUT2D eigenvalue weighted by molar-refractivity contribution is -0.156. The molecular formula is C33H47N5O12S. The molecule has 3 heterocycles. The average molecular weight is 738 g/mol. The van der Waals surface area contributed by atoms with Gasteiger partial charge in [-0.15, -0.1) is 11.8 Å². The Morgan fingerprint density at radius 1 is 1.08 bits per heavy atom. The number of alkyl carbamates (subject to hydrolysis) is 1. The van der Waals surface area contributed by atoms with Crippen LogP contribution in [-0.4, -0.2) is 102 Å². The second kappa shape index (κ2) is 19.6. The molecule has 1 aromatic rings. The number of oxime groups is 1. The number of esters is 2. The van der Waals surface area contributed by atoms with Crippen LogP contribution in [0.1, 0.15) is 78.4 Å². The predicted molar refractivity (Wildman–Crippen MR) is 183 cm³/mol. The van der Waals surface area contributed by atoms with E-state index >= 15 is 0 Å². The summed E-state index contributed by atoms with van der Waals surface area (Å²) >= 11 is 1.21. The van der Waals surface area contributed by atoms with Gasteiger partial charge in [0.2, 0.25) is 5.71 Å². The molecule has 3 rings (SSSR count). The van der Waals surface area contributed by atoms with E-state index in [9.17, 15) is 28.8 Å². The van der Waals surface area contributed by atoms with Crippen molar-refractivity contribution in [2.24, 2.45) is 10.9 Å². The van der Waals surface area contributed by atoms with Crippen LogP contribution in [-0.2, 0) is 43.0 Å². The van der Waals surface area contributed by atoms with E-state index in [1.807, 2.05) is 0 Å². The van der Waals surface area contributed by atoms with Crippen LogP contribution >= 0.6 is 11.8 Å². The predicted octanol–water partition coefficient (Wildman–Crippen LogP) is 3.11. The Balaban J connectivity index is 1.63. The first-order valence-corrected chi connectivity index (χ1v) is 17.7. The van der Waals surface area contributed by atoms with E-state index in [1.165, 1.54) is 31.2 Å². The molecule has 2 aliphatic heterocycles. The van der Waals surface area contributed by atoms with E-state index in [-0.39, 0.29) is 35.1 Å². The number of hydrogen-bond donors (Lipinski definition) is 3. The number of hydrogen-bond acceptors (Lipinski definition) is 14. The molecule has 1 saturated heterocycles. The fourth-order valence-electron chi connectivity index (χ4n) is 5.13. The summed E-state index contributed by atoms with van der Waals surface area (Å²) in [5.41, 5.74) is 4.20. The number of primary amides is 1. The second-order valence-corrected chi connectivity index (χ2v) is 13.7. The quantitative estimate of drug-likeness (QED) is 0.0464. The number of unbranched alkanes of at least 4 members (excludes halogenated alkanes) is 5. The first-order valence-electron chi connectivity index (χ1n) is 16.6. The van der Waals surface area contributed by atoms with Gasteiger partial charge < -0.3 is 44.6 Å². The van der Waals surface area contributed by atoms with Crippen LogP contribution in [0.3, 0.4) is 0 Å². The van der Waals surface area contributed by atoms with Gasteiger partial charge >= 0.3 is 24.1 Å². The Morgan fingerprint density at radius 3 is 2.43 bits per heavy atom. The molecule has 4 N–H and O–H groups in total. The van der Waals surface area contributed by atoms with E-state index in [2.05, 4.69) is 22.7 Å². The molecule has 2 aliphatic rings. The van der Waals surface area contributed by atoms with Crippen LogP contribution < -0.4 is 16.4 Å². The number of nitrogens with one attached hydrogen (secondary N) is 2. The van der Waals surface area contributed by atoms with Crippen LogP contribution in [0.25, 0.3) is 0 Å². The normalized spacial score (nSPS) is 17.8. The first-order chi connectivity index (χ1) is 24.3. The summed E-state index contributed by atoms with van der Waals surface area (Å²) in [5, 5.41) is 8.14. The Bertz CT molecular complexity index is 1460. The van der Waals surface area contributed by atoms with E-state index in [4.69, 9.17) is 33.9 Å². The number of carbonyl (C=O) groups is 6. The number of ether oxygens (including phenoxy) is 4. The zero-order valence-corrected chi connectivity index (χ0v) is 30.3. The molecule has 282 valence electrons. The third-order valence-corrected chi connectivity index (χ3v) is 8.79. The van der Waals surface area contributed by atoms with Crippen LogP contribution in [0.15, 0.2) is 39.2 Å². The van der Waals surface area contributed by atoms with Gasteiger partial charge in [0.05, 0.1) is 6.26 Å². The molecule has 0 spiro atoms. The Labute approximate surface area is 300 Å². The van der Waals surface area contributed by atoms with Crippen molar-refractivity contribution in [3.63, 3.8) is 0 Å². The number of fused-ring (bicyclic) bond motifs is 1. The van der Waals surface area contributed by atoms with Crippen molar-refractivity contribution in [2.75, 3.05) is 32.7 Å². The third-order valence-electron chi connectivity index (χ3n) is 7.45. The van der Waals surface area contributed by atoms with Crippen molar-refractivity contribution in [1.29, 1.82) is 0 Å². The summed E-state index contributed by atoms with van der Waals surface area (Å²) < 4.78 is 26.2. The maximum atomic E-state index is 13.4. The second-order valence-electron chi connectivity index (χ2n) is 12.6. The van der Waals surface area contributed by atoms with Gasteiger partial charge in [-0.05, 0) is 39.3 Å². The van der Waals surface area contributed by atoms with E-state index < -0.39 is 72.2 Å². The highest BCUT2D eigenvalue weighted by atomic mass is 32.2. The van der Waals surface area contributed by atoms with E-state index in [0.717, 1.165) is 37.0 Å². The first kappa shape index (κ1) is 40.7. The summed E-state index contributed by atoms with van der Waals surface area (Å²) in [4.78, 5) is 82.4. The minimum absolute atomic E-state index is 0.111. The number of nitrogens with two attached hydrogens (primary N) is 1. The summed E-state index contributed by atoms with van der Waals surface area (Å²) in [5.74, 6) is -2.83. The molecule has 51 heavy (non-hydrogen) atoms. The Kier molecular flexibility index (Phi) is 15.6. The molecule has 1 aromatic heterocycles. The molecule has 1 fully saturated rings. The highest BCUT2D eigenvalue weighted by molar-refractivity contribution is 8.00. The lowest BCUT2D eigenvalue weighted by atomic mass is 10.0. The Morgan fingerprint density at radius 2 is 1.78 bits per heavy atom. The number of amides is 4. The lowest BCUT2D eigenvalue weighted by Crippen LogP contribution is -2.71. The zero-order valence-electron chi connectivity index (χ0n) is 29.5. The van der Waals surface area contributed by atoms with Gasteiger partial charge in [0.25, 0.3) is 11.8 Å². The fourth-order valence-corrected chi connectivity index (χ4v) is 6.45. The summed E-state index contributed by atoms with van der Waals surface area (Å²) in [6, 6.07) is 1.01. The highest BCUT2D eigenvalue weighted by Crippen LogP contribution is 2.40. The number of nitrogens with zero attached hydrogens (tertiary/aromatic N) is 2. The van der Waals surface area contributed by atoms with Gasteiger partial charge in [0.15, 0.2) is 5.76 Å². The van der Waals surface area contributed by atoms with E-state index in [0.29, 0.717) is 12.8 Å². The van der Waals surface area contributed by atoms with Crippen LogP contribution in [0.5, 0.6) is 0 Å². The number of rotatable bonds is 19. The molecule has 0 radical (unpaired) electrons. The number of carbonyl (C=O) groups excluding carboxylic acids is 6. The molecule has 0 saturated carbocycles. The van der Waals surface area contributed by atoms with Gasteiger partial charge in [-0.2, -0.15) is 0 Å². The van der Waals surface area contributed by atoms with Crippen molar-refractivity contribution >= 4 is 53.4 Å². The van der Waals surface area contributed by atoms with E-state index in [1.54, 1.807) is 26.8 Å². The van der Waals surface area contributed by atoms with Crippen LogP contribution in [0, 0.1) is 0 Å². The number of β-lactam (4-membered cyclic amide) rings is 1. The molecule has 3 atom stereocenters. The molecule has 1 unspecified atom stereocenters. The largest absolute Gasteiger partial charge is 0.462 e. The van der Waals surface area contributed by atoms with Crippen LogP contribution in [0.2, 0.25) is 0 Å². The van der Waals surface area contributed by atoms with Crippen molar-refractivity contribution in [3.8, 4) is 0 Å². The molecule has 18 heteroatoms. The molecule has 0 aliphatic carbocycles. The third kappa shape index (κ3) is 12.2. The highest BCUT2D eigenvalue weighted by Gasteiger charge is 2.55.